The summed E-state index contributed by atoms with van der Waals surface area (Å²) in [5.74, 6) is -0.898. The lowest BCUT2D eigenvalue weighted by molar-refractivity contribution is -0.308. The second kappa shape index (κ2) is 17.4. The van der Waals surface area contributed by atoms with Crippen LogP contribution < -0.4 is 39.3 Å². The van der Waals surface area contributed by atoms with Crippen LogP contribution in [-0.2, 0) is 23.7 Å². The fraction of sp³-hybridized carbons (Fsp3) is 0.857. The average molecular weight is 663 g/mol. The number of ketones is 1. The number of nitrogens with zero attached hydrogens (tertiary/aromatic N) is 1. The minimum absolute atomic E-state index is 0.0216. The van der Waals surface area contributed by atoms with Crippen LogP contribution in [0.25, 0.3) is 0 Å². The number of nitrogens with two attached hydrogens (primary N) is 5. The molecule has 2 heterocycles. The summed E-state index contributed by atoms with van der Waals surface area (Å²) >= 11 is 0. The Morgan fingerprint density at radius 1 is 1.17 bits per heavy atom. The van der Waals surface area contributed by atoms with Gasteiger partial charge in [-0.1, -0.05) is 0 Å². The largest absolute Gasteiger partial charge is 0.467 e. The van der Waals surface area contributed by atoms with Gasteiger partial charge in [0.1, 0.15) is 35.8 Å². The quantitative estimate of drug-likeness (QED) is 0.0541. The molecule has 2 fully saturated rings. The molecule has 266 valence electrons. The van der Waals surface area contributed by atoms with Crippen molar-refractivity contribution in [2.45, 2.75) is 105 Å². The number of hydrogen-bond donors (Lipinski definition) is 12. The Kier molecular flexibility index (Phi) is 14.5. The van der Waals surface area contributed by atoms with Crippen LogP contribution in [0, 0.1) is 5.92 Å². The molecule has 0 amide bonds. The molecule has 3 aliphatic rings. The first kappa shape index (κ1) is 38.4. The monoisotopic (exact) mass is 662 g/mol. The molecule has 2 aliphatic heterocycles. The maximum atomic E-state index is 13.0. The number of Topliss-reactive ketones (excluding diaryl/α,β-unsaturated/α-hetero) is 1. The number of aliphatic hydroxyl groups is 5. The fourth-order valence-corrected chi connectivity index (χ4v) is 6.01. The summed E-state index contributed by atoms with van der Waals surface area (Å²) in [6.07, 6.45) is -6.61. The van der Waals surface area contributed by atoms with Gasteiger partial charge < -0.3 is 83.8 Å². The van der Waals surface area contributed by atoms with E-state index in [9.17, 15) is 25.2 Å². The number of guanidine groups is 1. The molecular weight excluding hydrogens is 608 g/mol. The van der Waals surface area contributed by atoms with Crippen molar-refractivity contribution in [3.05, 3.63) is 11.8 Å². The summed E-state index contributed by atoms with van der Waals surface area (Å²) in [6.45, 7) is 1.82. The van der Waals surface area contributed by atoms with Gasteiger partial charge in [-0.2, -0.15) is 0 Å². The molecule has 18 nitrogen and oxygen atoms in total. The Morgan fingerprint density at radius 3 is 2.52 bits per heavy atom. The third-order valence-corrected chi connectivity index (χ3v) is 8.57. The number of aliphatic hydroxyl groups excluding tert-OH is 4. The second-order valence-electron chi connectivity index (χ2n) is 12.6. The van der Waals surface area contributed by atoms with Gasteiger partial charge in [-0.15, -0.1) is 0 Å². The highest BCUT2D eigenvalue weighted by atomic mass is 16.7. The van der Waals surface area contributed by atoms with Crippen molar-refractivity contribution in [2.24, 2.45) is 39.6 Å². The maximum Gasteiger partial charge on any atom is 0.215 e. The lowest BCUT2D eigenvalue weighted by atomic mass is 9.76. The highest BCUT2D eigenvalue weighted by Crippen LogP contribution is 2.36. The van der Waals surface area contributed by atoms with Crippen LogP contribution in [-0.4, -0.2) is 150 Å². The number of carbonyl (C=O) groups is 1. The first-order valence-electron chi connectivity index (χ1n) is 15.6. The van der Waals surface area contributed by atoms with E-state index in [0.717, 1.165) is 0 Å². The molecule has 0 aromatic heterocycles. The van der Waals surface area contributed by atoms with Gasteiger partial charge in [0.2, 0.25) is 6.29 Å². The lowest BCUT2D eigenvalue weighted by Crippen LogP contribution is -2.67. The number of rotatable bonds is 16. The van der Waals surface area contributed by atoms with Crippen LogP contribution in [0.2, 0.25) is 0 Å². The van der Waals surface area contributed by atoms with E-state index in [2.05, 4.69) is 15.6 Å². The van der Waals surface area contributed by atoms with Crippen molar-refractivity contribution in [3.63, 3.8) is 0 Å². The van der Waals surface area contributed by atoms with Gasteiger partial charge in [-0.05, 0) is 38.8 Å². The zero-order chi connectivity index (χ0) is 34.2. The summed E-state index contributed by atoms with van der Waals surface area (Å²) in [4.78, 5) is 16.8. The number of carbonyl (C=O) groups excluding carboxylic acids is 1. The number of nitrogens with one attached hydrogen (secondary N) is 2. The van der Waals surface area contributed by atoms with Crippen LogP contribution in [0.1, 0.15) is 32.6 Å². The highest BCUT2D eigenvalue weighted by molar-refractivity contribution is 5.83. The number of hydrogen-bond acceptors (Lipinski definition) is 16. The summed E-state index contributed by atoms with van der Waals surface area (Å²) in [6, 6.07) is -2.67. The van der Waals surface area contributed by atoms with E-state index in [1.165, 1.54) is 6.92 Å². The molecule has 18 heteroatoms. The van der Waals surface area contributed by atoms with E-state index < -0.39 is 84.6 Å². The summed E-state index contributed by atoms with van der Waals surface area (Å²) in [5.41, 5.74) is 27.8. The van der Waals surface area contributed by atoms with Crippen molar-refractivity contribution in [1.29, 1.82) is 0 Å². The molecule has 46 heavy (non-hydrogen) atoms. The van der Waals surface area contributed by atoms with E-state index in [1.807, 2.05) is 0 Å². The van der Waals surface area contributed by atoms with E-state index in [1.54, 1.807) is 13.1 Å². The van der Waals surface area contributed by atoms with Crippen molar-refractivity contribution < 1.29 is 49.3 Å². The molecule has 0 spiro atoms. The predicted octanol–water partition coefficient (Wildman–Crippen LogP) is -5.63. The first-order valence-corrected chi connectivity index (χ1v) is 15.6. The Bertz CT molecular complexity index is 1030. The molecule has 2 unspecified atom stereocenters. The Labute approximate surface area is 268 Å². The van der Waals surface area contributed by atoms with E-state index >= 15 is 0 Å². The average Bonchev–Trinajstić information content (AvgIpc) is 2.99. The van der Waals surface area contributed by atoms with Crippen molar-refractivity contribution in [2.75, 3.05) is 39.9 Å². The van der Waals surface area contributed by atoms with E-state index in [0.29, 0.717) is 25.3 Å². The first-order chi connectivity index (χ1) is 21.7. The molecule has 1 saturated heterocycles. The van der Waals surface area contributed by atoms with Crippen LogP contribution in [0.4, 0.5) is 0 Å². The van der Waals surface area contributed by atoms with Crippen molar-refractivity contribution >= 4 is 11.7 Å². The molecular formula is C28H54N8O10. The van der Waals surface area contributed by atoms with Gasteiger partial charge >= 0.3 is 0 Å². The highest BCUT2D eigenvalue weighted by Gasteiger charge is 2.51. The predicted molar refractivity (Wildman–Crippen MR) is 165 cm³/mol. The number of aliphatic imine (C=N–C) groups is 1. The summed E-state index contributed by atoms with van der Waals surface area (Å²) < 4.78 is 24.0. The van der Waals surface area contributed by atoms with Crippen LogP contribution in [0.15, 0.2) is 16.8 Å². The third-order valence-electron chi connectivity index (χ3n) is 8.57. The minimum Gasteiger partial charge on any atom is -0.467 e. The molecule has 0 radical (unpaired) electrons. The molecule has 3 rings (SSSR count). The third kappa shape index (κ3) is 10.2. The molecule has 1 saturated carbocycles. The molecule has 13 atom stereocenters. The standard InChI is InChI=1S/C28H54N8O10/c1-28(42)12-43-26(21(41)24(28)34-2)45-22-13(8-19(39)18(38)5-6-36-27(32)33)7-17(31)23(20(22)40)46-25-16(30)4-3-15(44-25)10-35-9-14(29)11-37/h3,13-14,16-18,20-26,34-35,37-38,40-42H,4-12,29-31H2,1-2H3,(H4,32,33,36)/t13-,14?,16+,17-,18-,20+,21+,22-,23?,24+,25+,26+,28-/m0/s1. The minimum atomic E-state index is -1.45. The zero-order valence-corrected chi connectivity index (χ0v) is 26.5. The summed E-state index contributed by atoms with van der Waals surface area (Å²) in [7, 11) is 1.57. The van der Waals surface area contributed by atoms with Gasteiger partial charge in [-0.25, -0.2) is 0 Å². The molecule has 1 aliphatic carbocycles. The van der Waals surface area contributed by atoms with Gasteiger partial charge in [-0.3, -0.25) is 9.79 Å². The van der Waals surface area contributed by atoms with Crippen LogP contribution >= 0.6 is 0 Å². The van der Waals surface area contributed by atoms with Gasteiger partial charge in [0.05, 0.1) is 37.9 Å². The molecule has 0 aromatic carbocycles. The normalized spacial score (nSPS) is 37.9. The van der Waals surface area contributed by atoms with Crippen LogP contribution in [0.5, 0.6) is 0 Å². The smallest absolute Gasteiger partial charge is 0.215 e. The topological polar surface area (TPSA) is 322 Å². The van der Waals surface area contributed by atoms with Gasteiger partial charge in [0.15, 0.2) is 18.0 Å². The van der Waals surface area contributed by atoms with Crippen LogP contribution in [0.3, 0.4) is 0 Å². The van der Waals surface area contributed by atoms with Crippen molar-refractivity contribution in [3.8, 4) is 0 Å². The number of ether oxygens (including phenoxy) is 4. The maximum absolute atomic E-state index is 13.0. The second-order valence-corrected chi connectivity index (χ2v) is 12.6. The van der Waals surface area contributed by atoms with Gasteiger partial charge in [0.25, 0.3) is 0 Å². The van der Waals surface area contributed by atoms with Gasteiger partial charge in [0, 0.05) is 38.0 Å². The Morgan fingerprint density at radius 2 is 1.87 bits per heavy atom. The Hall–Kier alpha value is -2.04. The molecule has 0 aromatic rings. The van der Waals surface area contributed by atoms with E-state index in [-0.39, 0.29) is 45.0 Å². The molecule has 17 N–H and O–H groups in total. The lowest BCUT2D eigenvalue weighted by Gasteiger charge is -2.48. The molecule has 0 bridgehead atoms. The number of likely N-dealkylation sites (N-methyl/N-ethyl adjacent to an activating group) is 1. The Balaban J connectivity index is 1.77. The van der Waals surface area contributed by atoms with E-state index in [4.69, 9.17) is 52.7 Å². The SMILES string of the molecule is CN[C@@H]1[C@@H](O)[C@@H](O[C@H]2[C@H](CC(=O)[C@@H](O)CCN=C(N)N)C[C@H](N)C(O[C@H]3OC(CNCC(N)CO)=CC[C@H]3N)[C@@H]2O)OC[C@]1(C)O. The fourth-order valence-electron chi connectivity index (χ4n) is 6.01. The summed E-state index contributed by atoms with van der Waals surface area (Å²) in [5, 5.41) is 58.9. The zero-order valence-electron chi connectivity index (χ0n) is 26.5. The van der Waals surface area contributed by atoms with Crippen molar-refractivity contribution in [1.82, 2.24) is 10.6 Å².